The lowest BCUT2D eigenvalue weighted by atomic mass is 9.62. The molecule has 0 amide bonds. The first kappa shape index (κ1) is 19.7. The van der Waals surface area contributed by atoms with E-state index in [1.807, 2.05) is 0 Å². The first-order valence-electron chi connectivity index (χ1n) is 11.6. The van der Waals surface area contributed by atoms with Crippen LogP contribution in [-0.4, -0.2) is 0 Å². The maximum atomic E-state index is 2.50. The average Bonchev–Trinajstić information content (AvgIpc) is 2.69. The molecule has 28 heavy (non-hydrogen) atoms. The zero-order valence-electron chi connectivity index (χ0n) is 18.5. The Labute approximate surface area is 172 Å². The Hall–Kier alpha value is -1.56. The summed E-state index contributed by atoms with van der Waals surface area (Å²) in [5, 5.41) is 0. The third-order valence-electron chi connectivity index (χ3n) is 7.91. The SMILES string of the molecule is CC1=CC2c3cccc(C)c3C1CC2C.CCCCC1CC2C=CC1C=C2C. The number of fused-ring (bicyclic) bond motifs is 2. The zero-order chi connectivity index (χ0) is 19.8. The molecule has 6 aliphatic carbocycles. The highest BCUT2D eigenvalue weighted by Gasteiger charge is 2.37. The van der Waals surface area contributed by atoms with Crippen molar-refractivity contribution < 1.29 is 0 Å². The normalized spacial score (nSPS) is 34.3. The van der Waals surface area contributed by atoms with Crippen LogP contribution in [0.5, 0.6) is 0 Å². The lowest BCUT2D eigenvalue weighted by Gasteiger charge is -2.42. The van der Waals surface area contributed by atoms with Crippen LogP contribution in [0.3, 0.4) is 0 Å². The first-order valence-corrected chi connectivity index (χ1v) is 11.6. The van der Waals surface area contributed by atoms with Gasteiger partial charge >= 0.3 is 0 Å². The van der Waals surface area contributed by atoms with Crippen LogP contribution in [0.4, 0.5) is 0 Å². The van der Waals surface area contributed by atoms with Crippen LogP contribution in [0.25, 0.3) is 0 Å². The molecular weight excluding hydrogens is 336 g/mol. The molecule has 0 heterocycles. The van der Waals surface area contributed by atoms with Gasteiger partial charge in [-0.2, -0.15) is 0 Å². The van der Waals surface area contributed by atoms with Crippen molar-refractivity contribution in [3.8, 4) is 0 Å². The summed E-state index contributed by atoms with van der Waals surface area (Å²) < 4.78 is 0. The van der Waals surface area contributed by atoms with Gasteiger partial charge in [0.05, 0.1) is 0 Å². The van der Waals surface area contributed by atoms with Gasteiger partial charge in [-0.1, -0.05) is 80.3 Å². The number of rotatable bonds is 3. The van der Waals surface area contributed by atoms with Crippen LogP contribution in [-0.2, 0) is 0 Å². The van der Waals surface area contributed by atoms with E-state index in [-0.39, 0.29) is 0 Å². The molecule has 6 atom stereocenters. The van der Waals surface area contributed by atoms with Crippen molar-refractivity contribution in [3.05, 3.63) is 70.3 Å². The predicted molar refractivity (Wildman–Crippen MR) is 122 cm³/mol. The molecule has 0 radical (unpaired) electrons. The standard InChI is InChI=1S/C15H18.C13H20/c1-9-5-4-6-12-13-7-11(3)14(15(9)12)8-10(13)2;1-3-4-5-12-9-11-6-7-13(12)8-10(11)2/h4-7,10,13-14H,8H2,1-3H3;6-8,11-13H,3-5,9H2,1-2H3. The summed E-state index contributed by atoms with van der Waals surface area (Å²) >= 11 is 0. The summed E-state index contributed by atoms with van der Waals surface area (Å²) in [6.45, 7) is 11.5. The zero-order valence-corrected chi connectivity index (χ0v) is 18.5. The number of aryl methyl sites for hydroxylation is 1. The predicted octanol–water partition coefficient (Wildman–Crippen LogP) is 8.11. The quantitative estimate of drug-likeness (QED) is 0.469. The van der Waals surface area contributed by atoms with Crippen LogP contribution < -0.4 is 0 Å². The fourth-order valence-corrected chi connectivity index (χ4v) is 6.19. The Balaban J connectivity index is 0.000000139. The molecule has 6 aliphatic rings. The maximum Gasteiger partial charge on any atom is 0.00540 e. The fourth-order valence-electron chi connectivity index (χ4n) is 6.19. The van der Waals surface area contributed by atoms with Crippen LogP contribution in [0.15, 0.2) is 53.6 Å². The highest BCUT2D eigenvalue weighted by atomic mass is 14.4. The van der Waals surface area contributed by atoms with Gasteiger partial charge in [0.25, 0.3) is 0 Å². The summed E-state index contributed by atoms with van der Waals surface area (Å²) in [4.78, 5) is 0. The molecule has 4 bridgehead atoms. The van der Waals surface area contributed by atoms with Crippen molar-refractivity contribution in [3.63, 3.8) is 0 Å². The van der Waals surface area contributed by atoms with Gasteiger partial charge in [-0.15, -0.1) is 0 Å². The van der Waals surface area contributed by atoms with E-state index < -0.39 is 0 Å². The van der Waals surface area contributed by atoms with E-state index in [1.54, 1.807) is 22.3 Å². The fraction of sp³-hybridized carbons (Fsp3) is 0.571. The third-order valence-corrected chi connectivity index (χ3v) is 7.91. The lowest BCUT2D eigenvalue weighted by molar-refractivity contribution is 0.314. The molecule has 150 valence electrons. The summed E-state index contributed by atoms with van der Waals surface area (Å²) in [5.41, 5.74) is 7.94. The van der Waals surface area contributed by atoms with Gasteiger partial charge in [0.15, 0.2) is 0 Å². The van der Waals surface area contributed by atoms with Crippen molar-refractivity contribution in [2.45, 2.75) is 78.6 Å². The maximum absolute atomic E-state index is 2.50. The first-order chi connectivity index (χ1) is 13.5. The van der Waals surface area contributed by atoms with Gasteiger partial charge in [-0.25, -0.2) is 0 Å². The second-order valence-electron chi connectivity index (χ2n) is 9.90. The van der Waals surface area contributed by atoms with E-state index >= 15 is 0 Å². The summed E-state index contributed by atoms with van der Waals surface area (Å²) in [5.74, 6) is 4.74. The molecule has 1 aromatic carbocycles. The van der Waals surface area contributed by atoms with Crippen LogP contribution in [0.1, 0.15) is 88.3 Å². The van der Waals surface area contributed by atoms with Crippen molar-refractivity contribution >= 4 is 0 Å². The van der Waals surface area contributed by atoms with E-state index in [0.29, 0.717) is 11.8 Å². The van der Waals surface area contributed by atoms with Crippen molar-refractivity contribution in [2.75, 3.05) is 0 Å². The molecule has 0 aromatic heterocycles. The van der Waals surface area contributed by atoms with E-state index in [4.69, 9.17) is 0 Å². The Morgan fingerprint density at radius 1 is 0.964 bits per heavy atom. The van der Waals surface area contributed by atoms with Gasteiger partial charge in [-0.3, -0.25) is 0 Å². The second-order valence-corrected chi connectivity index (χ2v) is 9.90. The number of allylic oxidation sites excluding steroid dienone is 6. The molecule has 0 saturated carbocycles. The van der Waals surface area contributed by atoms with Gasteiger partial charge in [0.1, 0.15) is 0 Å². The van der Waals surface area contributed by atoms with Crippen LogP contribution in [0, 0.1) is 30.6 Å². The molecule has 0 heteroatoms. The molecule has 0 N–H and O–H groups in total. The monoisotopic (exact) mass is 374 g/mol. The largest absolute Gasteiger partial charge is 0.0807 e. The third kappa shape index (κ3) is 3.56. The second kappa shape index (κ2) is 8.05. The summed E-state index contributed by atoms with van der Waals surface area (Å²) in [6, 6.07) is 6.81. The highest BCUT2D eigenvalue weighted by molar-refractivity contribution is 5.51. The Morgan fingerprint density at radius 3 is 2.46 bits per heavy atom. The van der Waals surface area contributed by atoms with E-state index in [0.717, 1.165) is 23.7 Å². The van der Waals surface area contributed by atoms with Crippen molar-refractivity contribution in [1.29, 1.82) is 0 Å². The Kier molecular flexibility index (Phi) is 5.68. The highest BCUT2D eigenvalue weighted by Crippen LogP contribution is 2.52. The van der Waals surface area contributed by atoms with E-state index in [1.165, 1.54) is 37.7 Å². The van der Waals surface area contributed by atoms with Gasteiger partial charge in [0.2, 0.25) is 0 Å². The molecule has 6 unspecified atom stereocenters. The Bertz CT molecular complexity index is 805. The molecule has 0 nitrogen and oxygen atoms in total. The van der Waals surface area contributed by atoms with Crippen LogP contribution in [0.2, 0.25) is 0 Å². The number of hydrogen-bond acceptors (Lipinski definition) is 0. The van der Waals surface area contributed by atoms with Crippen molar-refractivity contribution in [2.24, 2.45) is 23.7 Å². The molecule has 0 aliphatic heterocycles. The minimum absolute atomic E-state index is 0.685. The molecule has 1 aromatic rings. The molecule has 7 rings (SSSR count). The minimum Gasteiger partial charge on any atom is -0.0807 e. The smallest absolute Gasteiger partial charge is 0.00540 e. The minimum atomic E-state index is 0.685. The Morgan fingerprint density at radius 2 is 1.79 bits per heavy atom. The van der Waals surface area contributed by atoms with Gasteiger partial charge < -0.3 is 0 Å². The van der Waals surface area contributed by atoms with Crippen molar-refractivity contribution in [1.82, 2.24) is 0 Å². The number of hydrogen-bond donors (Lipinski definition) is 0. The average molecular weight is 375 g/mol. The van der Waals surface area contributed by atoms with Crippen LogP contribution >= 0.6 is 0 Å². The molecule has 0 fully saturated rings. The van der Waals surface area contributed by atoms with Gasteiger partial charge in [0, 0.05) is 11.8 Å². The molecule has 0 spiro atoms. The van der Waals surface area contributed by atoms with E-state index in [9.17, 15) is 0 Å². The number of unbranched alkanes of at least 4 members (excludes halogenated alkanes) is 1. The number of benzene rings is 1. The molecule has 0 saturated heterocycles. The molecular formula is C28H38. The van der Waals surface area contributed by atoms with Gasteiger partial charge in [-0.05, 0) is 80.4 Å². The van der Waals surface area contributed by atoms with E-state index in [2.05, 4.69) is 77.1 Å². The topological polar surface area (TPSA) is 0 Å². The summed E-state index contributed by atoms with van der Waals surface area (Å²) in [7, 11) is 0. The lowest BCUT2D eigenvalue weighted by Crippen LogP contribution is -2.27. The summed E-state index contributed by atoms with van der Waals surface area (Å²) in [6.07, 6.45) is 16.8.